The highest BCUT2D eigenvalue weighted by Crippen LogP contribution is 2.33. The number of hydrogen-bond donors (Lipinski definition) is 1. The van der Waals surface area contributed by atoms with Gasteiger partial charge >= 0.3 is 12.1 Å². The SMILES string of the molecule is COc1cc(F)cc(-c2cc(-c3ccc(C(F)(F)F)cc3)nc3cc(C(=O)O)nn23)c1. The van der Waals surface area contributed by atoms with Gasteiger partial charge in [0.05, 0.1) is 24.1 Å². The summed E-state index contributed by atoms with van der Waals surface area (Å²) in [5.74, 6) is -1.66. The number of carboxylic acid groups (broad SMARTS) is 1. The maximum absolute atomic E-state index is 14.1. The van der Waals surface area contributed by atoms with E-state index in [1.807, 2.05) is 0 Å². The smallest absolute Gasteiger partial charge is 0.416 e. The van der Waals surface area contributed by atoms with Crippen LogP contribution in [0.3, 0.4) is 0 Å². The molecule has 6 nitrogen and oxygen atoms in total. The van der Waals surface area contributed by atoms with Crippen molar-refractivity contribution in [3.63, 3.8) is 0 Å². The normalized spacial score (nSPS) is 11.6. The van der Waals surface area contributed by atoms with Gasteiger partial charge in [-0.1, -0.05) is 12.1 Å². The number of aromatic nitrogens is 3. The Kier molecular flexibility index (Phi) is 4.84. The quantitative estimate of drug-likeness (QED) is 0.464. The van der Waals surface area contributed by atoms with Crippen molar-refractivity contribution in [1.29, 1.82) is 0 Å². The first-order valence-electron chi connectivity index (χ1n) is 8.82. The molecule has 0 fully saturated rings. The summed E-state index contributed by atoms with van der Waals surface area (Å²) in [7, 11) is 1.37. The van der Waals surface area contributed by atoms with Crippen molar-refractivity contribution in [2.24, 2.45) is 0 Å². The predicted octanol–water partition coefficient (Wildman–Crippen LogP) is 4.93. The van der Waals surface area contributed by atoms with Crippen LogP contribution in [0.2, 0.25) is 0 Å². The first kappa shape index (κ1) is 20.3. The van der Waals surface area contributed by atoms with Gasteiger partial charge < -0.3 is 9.84 Å². The monoisotopic (exact) mass is 431 g/mol. The number of benzene rings is 2. The zero-order valence-electron chi connectivity index (χ0n) is 15.8. The molecule has 2 aromatic carbocycles. The molecule has 0 atom stereocenters. The van der Waals surface area contributed by atoms with Crippen LogP contribution >= 0.6 is 0 Å². The molecule has 1 N–H and O–H groups in total. The number of alkyl halides is 3. The molecule has 0 saturated heterocycles. The minimum Gasteiger partial charge on any atom is -0.497 e. The van der Waals surface area contributed by atoms with Gasteiger partial charge in [-0.3, -0.25) is 0 Å². The summed E-state index contributed by atoms with van der Waals surface area (Å²) in [5.41, 5.74) is 0.247. The highest BCUT2D eigenvalue weighted by atomic mass is 19.4. The Morgan fingerprint density at radius 2 is 1.74 bits per heavy atom. The Balaban J connectivity index is 1.94. The third-order valence-corrected chi connectivity index (χ3v) is 4.56. The minimum absolute atomic E-state index is 0.132. The Labute approximate surface area is 172 Å². The summed E-state index contributed by atoms with van der Waals surface area (Å²) in [5, 5.41) is 13.3. The summed E-state index contributed by atoms with van der Waals surface area (Å²) < 4.78 is 59.0. The number of methoxy groups -OCH3 is 1. The molecule has 0 spiro atoms. The highest BCUT2D eigenvalue weighted by molar-refractivity contribution is 5.87. The Morgan fingerprint density at radius 3 is 2.35 bits per heavy atom. The number of ether oxygens (including phenoxy) is 1. The van der Waals surface area contributed by atoms with Crippen LogP contribution in [0.4, 0.5) is 17.6 Å². The third-order valence-electron chi connectivity index (χ3n) is 4.56. The van der Waals surface area contributed by atoms with Gasteiger partial charge in [0.15, 0.2) is 11.3 Å². The highest BCUT2D eigenvalue weighted by Gasteiger charge is 2.30. The molecule has 0 unspecified atom stereocenters. The van der Waals surface area contributed by atoms with Crippen LogP contribution in [-0.4, -0.2) is 32.8 Å². The zero-order valence-corrected chi connectivity index (χ0v) is 15.8. The molecule has 0 aliphatic rings. The zero-order chi connectivity index (χ0) is 22.3. The number of carbonyl (C=O) groups is 1. The van der Waals surface area contributed by atoms with E-state index in [1.165, 1.54) is 54.1 Å². The molecule has 158 valence electrons. The number of carboxylic acids is 1. The maximum Gasteiger partial charge on any atom is 0.416 e. The summed E-state index contributed by atoms with van der Waals surface area (Å²) in [4.78, 5) is 15.7. The molecule has 0 radical (unpaired) electrons. The minimum atomic E-state index is -4.49. The lowest BCUT2D eigenvalue weighted by molar-refractivity contribution is -0.137. The van der Waals surface area contributed by atoms with Gasteiger partial charge in [0.1, 0.15) is 11.6 Å². The second kappa shape index (κ2) is 7.38. The van der Waals surface area contributed by atoms with Gasteiger partial charge in [0, 0.05) is 23.3 Å². The lowest BCUT2D eigenvalue weighted by atomic mass is 10.1. The first-order valence-corrected chi connectivity index (χ1v) is 8.82. The average Bonchev–Trinajstić information content (AvgIpc) is 3.16. The van der Waals surface area contributed by atoms with Crippen LogP contribution in [0.1, 0.15) is 16.1 Å². The van der Waals surface area contributed by atoms with E-state index in [2.05, 4.69) is 10.1 Å². The van der Waals surface area contributed by atoms with E-state index >= 15 is 0 Å². The molecule has 0 saturated carbocycles. The maximum atomic E-state index is 14.1. The molecule has 31 heavy (non-hydrogen) atoms. The fourth-order valence-electron chi connectivity index (χ4n) is 3.09. The molecule has 0 bridgehead atoms. The van der Waals surface area contributed by atoms with Crippen molar-refractivity contribution in [2.75, 3.05) is 7.11 Å². The van der Waals surface area contributed by atoms with E-state index in [-0.39, 0.29) is 28.5 Å². The molecule has 2 heterocycles. The summed E-state index contributed by atoms with van der Waals surface area (Å²) >= 11 is 0. The van der Waals surface area contributed by atoms with Gasteiger partial charge in [-0.2, -0.15) is 18.3 Å². The van der Waals surface area contributed by atoms with Gasteiger partial charge in [0.25, 0.3) is 0 Å². The van der Waals surface area contributed by atoms with E-state index in [4.69, 9.17) is 4.74 Å². The first-order chi connectivity index (χ1) is 14.7. The van der Waals surface area contributed by atoms with Gasteiger partial charge in [-0.15, -0.1) is 0 Å². The van der Waals surface area contributed by atoms with Crippen molar-refractivity contribution in [3.8, 4) is 28.3 Å². The van der Waals surface area contributed by atoms with Crippen LogP contribution in [0, 0.1) is 5.82 Å². The Morgan fingerprint density at radius 1 is 1.03 bits per heavy atom. The lowest BCUT2D eigenvalue weighted by Crippen LogP contribution is -2.04. The molecule has 0 aliphatic carbocycles. The topological polar surface area (TPSA) is 76.7 Å². The number of hydrogen-bond acceptors (Lipinski definition) is 4. The van der Waals surface area contributed by atoms with Crippen LogP contribution in [0.5, 0.6) is 5.75 Å². The average molecular weight is 431 g/mol. The van der Waals surface area contributed by atoms with Crippen LogP contribution in [0.15, 0.2) is 54.6 Å². The molecular formula is C21H13F4N3O3. The molecule has 10 heteroatoms. The lowest BCUT2D eigenvalue weighted by Gasteiger charge is -2.11. The van der Waals surface area contributed by atoms with E-state index in [0.717, 1.165) is 12.1 Å². The van der Waals surface area contributed by atoms with Crippen molar-refractivity contribution < 1.29 is 32.2 Å². The van der Waals surface area contributed by atoms with Crippen LogP contribution in [0.25, 0.3) is 28.2 Å². The van der Waals surface area contributed by atoms with Crippen LogP contribution in [-0.2, 0) is 6.18 Å². The second-order valence-electron chi connectivity index (χ2n) is 6.59. The fourth-order valence-corrected chi connectivity index (χ4v) is 3.09. The standard InChI is InChI=1S/C21H13F4N3O3/c1-31-15-7-12(6-14(22)8-15)18-9-16(11-2-4-13(5-3-11)21(23,24)25)26-19-10-17(20(29)30)27-28(18)19/h2-10H,1H3,(H,29,30). The Bertz CT molecular complexity index is 1300. The number of nitrogens with zero attached hydrogens (tertiary/aromatic N) is 3. The molecular weight excluding hydrogens is 418 g/mol. The molecule has 0 aliphatic heterocycles. The van der Waals surface area contributed by atoms with E-state index < -0.39 is 23.5 Å². The van der Waals surface area contributed by atoms with Gasteiger partial charge in [-0.25, -0.2) is 18.7 Å². The van der Waals surface area contributed by atoms with E-state index in [9.17, 15) is 27.5 Å². The number of rotatable bonds is 4. The molecule has 4 rings (SSSR count). The number of aromatic carboxylic acids is 1. The molecule has 4 aromatic rings. The molecule has 2 aromatic heterocycles. The van der Waals surface area contributed by atoms with Crippen LogP contribution < -0.4 is 4.74 Å². The van der Waals surface area contributed by atoms with Crippen molar-refractivity contribution in [2.45, 2.75) is 6.18 Å². The molecule has 0 amide bonds. The third kappa shape index (κ3) is 3.91. The summed E-state index contributed by atoms with van der Waals surface area (Å²) in [6, 6.07) is 11.0. The Hall–Kier alpha value is -3.95. The fraction of sp³-hybridized carbons (Fsp3) is 0.0952. The van der Waals surface area contributed by atoms with Gasteiger partial charge in [-0.05, 0) is 30.3 Å². The number of fused-ring (bicyclic) bond motifs is 1. The van der Waals surface area contributed by atoms with Crippen molar-refractivity contribution in [3.05, 3.63) is 71.7 Å². The second-order valence-corrected chi connectivity index (χ2v) is 6.59. The van der Waals surface area contributed by atoms with Crippen molar-refractivity contribution in [1.82, 2.24) is 14.6 Å². The summed E-state index contributed by atoms with van der Waals surface area (Å²) in [6.07, 6.45) is -4.49. The van der Waals surface area contributed by atoms with Crippen molar-refractivity contribution >= 4 is 11.6 Å². The number of halogens is 4. The summed E-state index contributed by atoms with van der Waals surface area (Å²) in [6.45, 7) is 0. The predicted molar refractivity (Wildman–Crippen MR) is 102 cm³/mol. The largest absolute Gasteiger partial charge is 0.497 e. The van der Waals surface area contributed by atoms with E-state index in [0.29, 0.717) is 11.1 Å². The van der Waals surface area contributed by atoms with E-state index in [1.54, 1.807) is 0 Å². The van der Waals surface area contributed by atoms with Gasteiger partial charge in [0.2, 0.25) is 0 Å².